The second-order valence-electron chi connectivity index (χ2n) is 12.4. The number of hydrogen-bond donors (Lipinski definition) is 1. The number of benzene rings is 2. The van der Waals surface area contributed by atoms with Gasteiger partial charge in [0.1, 0.15) is 6.10 Å². The van der Waals surface area contributed by atoms with Crippen LogP contribution in [-0.2, 0) is 20.8 Å². The van der Waals surface area contributed by atoms with Crippen LogP contribution in [0.15, 0.2) is 59.1 Å². The molecule has 43 heavy (non-hydrogen) atoms. The van der Waals surface area contributed by atoms with Gasteiger partial charge >= 0.3 is 5.97 Å². The molecule has 0 unspecified atom stereocenters. The average Bonchev–Trinajstić information content (AvgIpc) is 3.29. The maximum absolute atomic E-state index is 14.4. The zero-order valence-electron chi connectivity index (χ0n) is 24.3. The molecule has 1 aromatic heterocycles. The number of carboxylic acids is 1. The van der Waals surface area contributed by atoms with Gasteiger partial charge in [-0.05, 0) is 68.7 Å². The lowest BCUT2D eigenvalue weighted by Crippen LogP contribution is -2.45. The highest BCUT2D eigenvalue weighted by molar-refractivity contribution is 9.10. The van der Waals surface area contributed by atoms with E-state index in [-0.39, 0.29) is 36.5 Å². The molecule has 7 nitrogen and oxygen atoms in total. The van der Waals surface area contributed by atoms with Gasteiger partial charge in [-0.15, -0.1) is 0 Å². The maximum Gasteiger partial charge on any atom is 0.310 e. The van der Waals surface area contributed by atoms with Crippen molar-refractivity contribution in [1.29, 1.82) is 0 Å². The first-order valence-electron chi connectivity index (χ1n) is 15.2. The number of aromatic nitrogens is 1. The number of aliphatic carboxylic acids is 1. The molecule has 3 aliphatic rings. The Morgan fingerprint density at radius 2 is 2.05 bits per heavy atom. The number of ether oxygens (including phenoxy) is 1. The molecular formula is C34H37BrN2O5S. The Hall–Kier alpha value is -3.04. The first-order chi connectivity index (χ1) is 20.7. The van der Waals surface area contributed by atoms with Gasteiger partial charge in [0.05, 0.1) is 28.2 Å². The summed E-state index contributed by atoms with van der Waals surface area (Å²) in [5.41, 5.74) is 2.01. The quantitative estimate of drug-likeness (QED) is 0.291. The first kappa shape index (κ1) is 30.0. The van der Waals surface area contributed by atoms with E-state index in [1.807, 2.05) is 30.3 Å². The third-order valence-electron chi connectivity index (χ3n) is 9.27. The van der Waals surface area contributed by atoms with E-state index in [1.165, 1.54) is 11.3 Å². The molecule has 1 saturated heterocycles. The van der Waals surface area contributed by atoms with E-state index in [0.717, 1.165) is 57.9 Å². The van der Waals surface area contributed by atoms with Gasteiger partial charge < -0.3 is 14.7 Å². The molecule has 0 bridgehead atoms. The number of allylic oxidation sites excluding steroid dienone is 2. The van der Waals surface area contributed by atoms with E-state index in [9.17, 15) is 19.5 Å². The molecule has 1 aliphatic carbocycles. The fourth-order valence-corrected chi connectivity index (χ4v) is 8.24. The van der Waals surface area contributed by atoms with Crippen molar-refractivity contribution < 1.29 is 24.2 Å². The number of carbonyl (C=O) groups is 3. The molecule has 2 aromatic carbocycles. The predicted molar refractivity (Wildman–Crippen MR) is 170 cm³/mol. The van der Waals surface area contributed by atoms with Crippen molar-refractivity contribution in [3.63, 3.8) is 0 Å². The van der Waals surface area contributed by atoms with Gasteiger partial charge in [0, 0.05) is 23.2 Å². The summed E-state index contributed by atoms with van der Waals surface area (Å²) in [6.45, 7) is 2.33. The van der Waals surface area contributed by atoms with Crippen molar-refractivity contribution in [2.24, 2.45) is 17.3 Å². The molecule has 1 N–H and O–H groups in total. The summed E-state index contributed by atoms with van der Waals surface area (Å²) in [6.07, 6.45) is 9.54. The lowest BCUT2D eigenvalue weighted by molar-refractivity contribution is -0.147. The van der Waals surface area contributed by atoms with Crippen LogP contribution in [0.2, 0.25) is 0 Å². The highest BCUT2D eigenvalue weighted by Crippen LogP contribution is 2.57. The number of nitrogens with zero attached hydrogens (tertiary/aromatic N) is 2. The SMILES string of the molecule is Cc1cccc(C[C@H]2CCCCC/C=C\[C@@H]3C[C@@]3(C(=O)O)CC(=O)[C@@H]3C[C@@H](Oc4nc5ccc(Br)cc5s4)CN3C2=O)c1. The van der Waals surface area contributed by atoms with Gasteiger partial charge in [0.2, 0.25) is 5.91 Å². The van der Waals surface area contributed by atoms with Crippen LogP contribution in [0, 0.1) is 24.2 Å². The van der Waals surface area contributed by atoms with E-state index in [2.05, 4.69) is 52.1 Å². The zero-order valence-corrected chi connectivity index (χ0v) is 26.7. The number of ketones is 1. The number of aryl methyl sites for hydroxylation is 1. The standard InChI is InChI=1S/C34H37BrN2O5S/c1-21-8-7-9-22(14-21)15-23-10-5-3-2-4-6-11-24-18-34(24,32(40)41)19-29(38)28-17-26(20-37(28)31(23)39)42-33-36-27-13-12-25(35)16-30(27)43-33/h6-9,11-14,16,23-24,26,28H,2-5,10,15,17-20H2,1H3,(H,40,41)/b11-6-/t23-,24-,26-,28+,34-/m1/s1. The second-order valence-corrected chi connectivity index (χ2v) is 14.4. The van der Waals surface area contributed by atoms with Gasteiger partial charge in [-0.2, -0.15) is 0 Å². The van der Waals surface area contributed by atoms with Gasteiger partial charge in [-0.25, -0.2) is 4.98 Å². The van der Waals surface area contributed by atoms with Crippen LogP contribution in [-0.4, -0.2) is 51.3 Å². The molecule has 3 aromatic rings. The molecule has 0 radical (unpaired) electrons. The topological polar surface area (TPSA) is 96.8 Å². The molecule has 9 heteroatoms. The number of thiazole rings is 1. The Morgan fingerprint density at radius 1 is 1.19 bits per heavy atom. The van der Waals surface area contributed by atoms with Gasteiger partial charge in [-0.3, -0.25) is 14.4 Å². The number of halogens is 1. The molecule has 0 spiro atoms. The summed E-state index contributed by atoms with van der Waals surface area (Å²) in [5.74, 6) is -1.56. The highest BCUT2D eigenvalue weighted by atomic mass is 79.9. The maximum atomic E-state index is 14.4. The molecule has 3 heterocycles. The lowest BCUT2D eigenvalue weighted by atomic mass is 9.90. The van der Waals surface area contributed by atoms with Crippen LogP contribution < -0.4 is 4.74 Å². The number of carbonyl (C=O) groups excluding carboxylic acids is 2. The van der Waals surface area contributed by atoms with E-state index < -0.39 is 23.5 Å². The summed E-state index contributed by atoms with van der Waals surface area (Å²) < 4.78 is 8.28. The van der Waals surface area contributed by atoms with E-state index in [4.69, 9.17) is 4.74 Å². The number of fused-ring (bicyclic) bond motifs is 3. The Bertz CT molecular complexity index is 1570. The smallest absolute Gasteiger partial charge is 0.310 e. The number of Topliss-reactive ketones (excluding diaryl/α,β-unsaturated/α-hetero) is 1. The molecule has 1 saturated carbocycles. The number of amides is 1. The fraction of sp³-hybridized carbons (Fsp3) is 0.471. The van der Waals surface area contributed by atoms with Gasteiger partial charge in [0.15, 0.2) is 5.78 Å². The van der Waals surface area contributed by atoms with Crippen molar-refractivity contribution in [3.8, 4) is 5.19 Å². The summed E-state index contributed by atoms with van der Waals surface area (Å²) in [5, 5.41) is 10.7. The van der Waals surface area contributed by atoms with Crippen molar-refractivity contribution >= 4 is 55.1 Å². The second kappa shape index (κ2) is 12.5. The predicted octanol–water partition coefficient (Wildman–Crippen LogP) is 7.14. The highest BCUT2D eigenvalue weighted by Gasteiger charge is 2.61. The monoisotopic (exact) mass is 664 g/mol. The van der Waals surface area contributed by atoms with Crippen LogP contribution in [0.4, 0.5) is 0 Å². The number of hydrogen-bond acceptors (Lipinski definition) is 6. The summed E-state index contributed by atoms with van der Waals surface area (Å²) in [4.78, 5) is 47.1. The van der Waals surface area contributed by atoms with Crippen molar-refractivity contribution in [2.45, 2.75) is 76.9 Å². The first-order valence-corrected chi connectivity index (χ1v) is 16.8. The number of rotatable bonds is 5. The van der Waals surface area contributed by atoms with Gasteiger partial charge in [0.25, 0.3) is 5.19 Å². The molecule has 2 fully saturated rings. The van der Waals surface area contributed by atoms with Crippen LogP contribution in [0.5, 0.6) is 5.19 Å². The minimum Gasteiger partial charge on any atom is -0.481 e. The van der Waals surface area contributed by atoms with Gasteiger partial charge in [-0.1, -0.05) is 82.1 Å². The minimum atomic E-state index is -1.08. The van der Waals surface area contributed by atoms with Crippen LogP contribution in [0.3, 0.4) is 0 Å². The molecular weight excluding hydrogens is 628 g/mol. The van der Waals surface area contributed by atoms with Crippen LogP contribution in [0.25, 0.3) is 10.2 Å². The average molecular weight is 666 g/mol. The fourth-order valence-electron chi connectivity index (χ4n) is 6.80. The largest absolute Gasteiger partial charge is 0.481 e. The molecule has 226 valence electrons. The Labute approximate surface area is 264 Å². The summed E-state index contributed by atoms with van der Waals surface area (Å²) >= 11 is 4.94. The van der Waals surface area contributed by atoms with E-state index in [1.54, 1.807) is 4.90 Å². The van der Waals surface area contributed by atoms with Crippen LogP contribution in [0.1, 0.15) is 62.5 Å². The number of carboxylic acid groups (broad SMARTS) is 1. The summed E-state index contributed by atoms with van der Waals surface area (Å²) in [6, 6.07) is 13.4. The molecule has 1 amide bonds. The van der Waals surface area contributed by atoms with E-state index in [0.29, 0.717) is 24.5 Å². The summed E-state index contributed by atoms with van der Waals surface area (Å²) in [7, 11) is 0. The molecule has 5 atom stereocenters. The minimum absolute atomic E-state index is 0.0381. The van der Waals surface area contributed by atoms with Crippen LogP contribution >= 0.6 is 27.3 Å². The van der Waals surface area contributed by atoms with E-state index >= 15 is 0 Å². The van der Waals surface area contributed by atoms with Crippen molar-refractivity contribution in [2.75, 3.05) is 6.54 Å². The third kappa shape index (κ3) is 6.58. The van der Waals surface area contributed by atoms with Crippen molar-refractivity contribution in [1.82, 2.24) is 9.88 Å². The lowest BCUT2D eigenvalue weighted by Gasteiger charge is -2.29. The Balaban J connectivity index is 1.29. The molecule has 2 aliphatic heterocycles. The van der Waals surface area contributed by atoms with Crippen molar-refractivity contribution in [3.05, 3.63) is 70.2 Å². The normalized spacial score (nSPS) is 28.9. The zero-order chi connectivity index (χ0) is 30.1. The molecule has 6 rings (SSSR count). The third-order valence-corrected chi connectivity index (χ3v) is 10.7. The Morgan fingerprint density at radius 3 is 2.86 bits per heavy atom. The Kier molecular flexibility index (Phi) is 8.74.